The summed E-state index contributed by atoms with van der Waals surface area (Å²) in [6.45, 7) is 5.62. The second-order valence-electron chi connectivity index (χ2n) is 7.49. The predicted molar refractivity (Wildman–Crippen MR) is 118 cm³/mol. The Kier molecular flexibility index (Phi) is 7.51. The smallest absolute Gasteiger partial charge is 0.366 e. The van der Waals surface area contributed by atoms with Crippen molar-refractivity contribution in [3.63, 3.8) is 0 Å². The highest BCUT2D eigenvalue weighted by Gasteiger charge is 2.33. The van der Waals surface area contributed by atoms with E-state index in [4.69, 9.17) is 8.92 Å². The number of esters is 1. The second kappa shape index (κ2) is 9.10. The fourth-order valence-corrected chi connectivity index (χ4v) is 4.31. The lowest BCUT2D eigenvalue weighted by Gasteiger charge is -2.21. The molecule has 2 aromatic rings. The van der Waals surface area contributed by atoms with Gasteiger partial charge in [0.15, 0.2) is 0 Å². The average molecular weight is 522 g/mol. The molecule has 0 fully saturated rings. The van der Waals surface area contributed by atoms with E-state index in [-0.39, 0.29) is 13.2 Å². The number of benzene rings is 1. The molecule has 2 rings (SSSR count). The third-order valence-electron chi connectivity index (χ3n) is 4.28. The van der Waals surface area contributed by atoms with E-state index in [1.54, 1.807) is 27.0 Å². The Hall–Kier alpha value is -1.17. The standard InChI is InChI=1S/C19H27IN2O5S/c1-6-26-18(23)19(2,3)13-27-28(24,25)22-12-14(9-10-21(4)5)16-8-7-15(20)11-17(16)22/h7-8,11-12H,6,9-10,13H2,1-5H3. The lowest BCUT2D eigenvalue weighted by atomic mass is 9.95. The minimum Gasteiger partial charge on any atom is -0.466 e. The van der Waals surface area contributed by atoms with E-state index in [0.29, 0.717) is 11.9 Å². The summed E-state index contributed by atoms with van der Waals surface area (Å²) in [5.41, 5.74) is 0.417. The maximum atomic E-state index is 12.9. The van der Waals surface area contributed by atoms with Crippen LogP contribution in [0, 0.1) is 8.99 Å². The largest absolute Gasteiger partial charge is 0.466 e. The Balaban J connectivity index is 2.36. The number of ether oxygens (including phenoxy) is 1. The Labute approximate surface area is 180 Å². The fourth-order valence-electron chi connectivity index (χ4n) is 2.63. The summed E-state index contributed by atoms with van der Waals surface area (Å²) in [6.07, 6.45) is 2.32. The Bertz CT molecular complexity index is 951. The van der Waals surface area contributed by atoms with Gasteiger partial charge in [0.05, 0.1) is 24.1 Å². The highest BCUT2D eigenvalue weighted by molar-refractivity contribution is 14.1. The first-order valence-corrected chi connectivity index (χ1v) is 11.4. The molecule has 0 radical (unpaired) electrons. The molecule has 0 aliphatic heterocycles. The van der Waals surface area contributed by atoms with Gasteiger partial charge in [0, 0.05) is 21.7 Å². The molecule has 0 aliphatic carbocycles. The van der Waals surface area contributed by atoms with Gasteiger partial charge in [-0.25, -0.2) is 3.97 Å². The zero-order chi connectivity index (χ0) is 21.1. The molecule has 0 bridgehead atoms. The summed E-state index contributed by atoms with van der Waals surface area (Å²) in [7, 11) is -0.168. The van der Waals surface area contributed by atoms with Crippen LogP contribution in [0.25, 0.3) is 10.9 Å². The zero-order valence-corrected chi connectivity index (χ0v) is 19.8. The highest BCUT2D eigenvalue weighted by atomic mass is 127. The van der Waals surface area contributed by atoms with Crippen LogP contribution in [0.15, 0.2) is 24.4 Å². The Morgan fingerprint density at radius 2 is 1.96 bits per heavy atom. The fraction of sp³-hybridized carbons (Fsp3) is 0.526. The van der Waals surface area contributed by atoms with Crippen molar-refractivity contribution in [3.05, 3.63) is 33.5 Å². The minimum absolute atomic E-state index is 0.227. The van der Waals surface area contributed by atoms with Crippen LogP contribution in [0.1, 0.15) is 26.3 Å². The number of likely N-dealkylation sites (N-methyl/N-ethyl adjacent to an activating group) is 1. The van der Waals surface area contributed by atoms with Crippen LogP contribution in [0.4, 0.5) is 0 Å². The van der Waals surface area contributed by atoms with Crippen molar-refractivity contribution in [1.82, 2.24) is 8.87 Å². The molecule has 0 N–H and O–H groups in total. The van der Waals surface area contributed by atoms with Gasteiger partial charge in [0.1, 0.15) is 0 Å². The van der Waals surface area contributed by atoms with Gasteiger partial charge in [-0.2, -0.15) is 8.42 Å². The van der Waals surface area contributed by atoms with Crippen molar-refractivity contribution in [1.29, 1.82) is 0 Å². The maximum absolute atomic E-state index is 12.9. The molecule has 0 saturated heterocycles. The number of halogens is 1. The molecule has 156 valence electrons. The lowest BCUT2D eigenvalue weighted by Crippen LogP contribution is -2.33. The molecule has 1 heterocycles. The third-order valence-corrected chi connectivity index (χ3v) is 6.15. The number of carbonyl (C=O) groups excluding carboxylic acids is 1. The van der Waals surface area contributed by atoms with Gasteiger partial charge in [0.25, 0.3) is 0 Å². The molecule has 0 spiro atoms. The van der Waals surface area contributed by atoms with E-state index in [1.165, 1.54) is 0 Å². The van der Waals surface area contributed by atoms with Crippen molar-refractivity contribution < 1.29 is 22.1 Å². The number of hydrogen-bond donors (Lipinski definition) is 0. The molecule has 28 heavy (non-hydrogen) atoms. The van der Waals surface area contributed by atoms with Crippen molar-refractivity contribution in [2.45, 2.75) is 27.2 Å². The van der Waals surface area contributed by atoms with Gasteiger partial charge in [-0.15, -0.1) is 0 Å². The van der Waals surface area contributed by atoms with Crippen LogP contribution >= 0.6 is 22.6 Å². The van der Waals surface area contributed by atoms with Gasteiger partial charge in [0.2, 0.25) is 0 Å². The van der Waals surface area contributed by atoms with Gasteiger partial charge < -0.3 is 9.64 Å². The van der Waals surface area contributed by atoms with E-state index in [1.807, 2.05) is 37.2 Å². The van der Waals surface area contributed by atoms with Crippen LogP contribution in [-0.4, -0.2) is 57.1 Å². The molecule has 0 amide bonds. The van der Waals surface area contributed by atoms with Crippen LogP contribution in [0.3, 0.4) is 0 Å². The van der Waals surface area contributed by atoms with E-state index in [9.17, 15) is 13.2 Å². The molecule has 0 unspecified atom stereocenters. The highest BCUT2D eigenvalue weighted by Crippen LogP contribution is 2.27. The lowest BCUT2D eigenvalue weighted by molar-refractivity contribution is -0.154. The van der Waals surface area contributed by atoms with Crippen LogP contribution in [-0.2, 0) is 30.4 Å². The zero-order valence-electron chi connectivity index (χ0n) is 16.9. The van der Waals surface area contributed by atoms with Gasteiger partial charge in [-0.3, -0.25) is 8.98 Å². The van der Waals surface area contributed by atoms with E-state index in [0.717, 1.165) is 25.0 Å². The van der Waals surface area contributed by atoms with Crippen LogP contribution in [0.5, 0.6) is 0 Å². The first kappa shape index (κ1) is 23.1. The van der Waals surface area contributed by atoms with Crippen molar-refractivity contribution in [2.75, 3.05) is 33.9 Å². The summed E-state index contributed by atoms with van der Waals surface area (Å²) < 4.78 is 38.2. The summed E-state index contributed by atoms with van der Waals surface area (Å²) in [4.78, 5) is 14.1. The molecule has 1 aromatic carbocycles. The predicted octanol–water partition coefficient (Wildman–Crippen LogP) is 3.05. The van der Waals surface area contributed by atoms with E-state index in [2.05, 4.69) is 22.6 Å². The minimum atomic E-state index is -4.11. The second-order valence-corrected chi connectivity index (χ2v) is 10.2. The summed E-state index contributed by atoms with van der Waals surface area (Å²) in [5.74, 6) is -0.496. The molecule has 0 saturated carbocycles. The Morgan fingerprint density at radius 3 is 2.57 bits per heavy atom. The monoisotopic (exact) mass is 522 g/mol. The first-order valence-electron chi connectivity index (χ1n) is 8.99. The molecule has 0 atom stereocenters. The quantitative estimate of drug-likeness (QED) is 0.372. The van der Waals surface area contributed by atoms with Crippen molar-refractivity contribution >= 4 is 49.8 Å². The van der Waals surface area contributed by atoms with Crippen molar-refractivity contribution in [2.24, 2.45) is 5.41 Å². The van der Waals surface area contributed by atoms with E-state index < -0.39 is 21.7 Å². The van der Waals surface area contributed by atoms with Gasteiger partial charge in [-0.1, -0.05) is 6.07 Å². The maximum Gasteiger partial charge on any atom is 0.366 e. The van der Waals surface area contributed by atoms with Gasteiger partial charge in [-0.05, 0) is 81.6 Å². The van der Waals surface area contributed by atoms with E-state index >= 15 is 0 Å². The average Bonchev–Trinajstić information content (AvgIpc) is 2.97. The molecule has 1 aromatic heterocycles. The molecular weight excluding hydrogens is 495 g/mol. The van der Waals surface area contributed by atoms with Crippen LogP contribution in [0.2, 0.25) is 0 Å². The van der Waals surface area contributed by atoms with Crippen molar-refractivity contribution in [3.8, 4) is 0 Å². The number of nitrogens with zero attached hydrogens (tertiary/aromatic N) is 2. The third kappa shape index (κ3) is 5.46. The molecule has 7 nitrogen and oxygen atoms in total. The normalized spacial score (nSPS) is 12.7. The number of hydrogen-bond acceptors (Lipinski definition) is 6. The first-order chi connectivity index (χ1) is 13.0. The number of rotatable bonds is 9. The summed E-state index contributed by atoms with van der Waals surface area (Å²) in [5, 5.41) is 0.874. The Morgan fingerprint density at radius 1 is 1.29 bits per heavy atom. The summed E-state index contributed by atoms with van der Waals surface area (Å²) in [6, 6.07) is 5.69. The topological polar surface area (TPSA) is 77.8 Å². The molecular formula is C19H27IN2O5S. The SMILES string of the molecule is CCOC(=O)C(C)(C)COS(=O)(=O)n1cc(CCN(C)C)c2ccc(I)cc21. The number of aromatic nitrogens is 1. The molecule has 0 aliphatic rings. The summed E-state index contributed by atoms with van der Waals surface area (Å²) >= 11 is 2.15. The number of carbonyl (C=O) groups is 1. The van der Waals surface area contributed by atoms with Gasteiger partial charge >= 0.3 is 16.3 Å². The molecule has 9 heteroatoms. The number of fused-ring (bicyclic) bond motifs is 1. The van der Waals surface area contributed by atoms with Crippen LogP contribution < -0.4 is 0 Å².